The zero-order valence-electron chi connectivity index (χ0n) is 15.4. The van der Waals surface area contributed by atoms with Gasteiger partial charge in [0, 0.05) is 24.5 Å². The van der Waals surface area contributed by atoms with E-state index in [4.69, 9.17) is 10.5 Å². The predicted molar refractivity (Wildman–Crippen MR) is 110 cm³/mol. The summed E-state index contributed by atoms with van der Waals surface area (Å²) in [6.07, 6.45) is 4.81. The topological polar surface area (TPSA) is 81.4 Å². The van der Waals surface area contributed by atoms with Gasteiger partial charge in [-0.05, 0) is 55.0 Å². The van der Waals surface area contributed by atoms with Crippen LogP contribution in [0, 0.1) is 0 Å². The predicted octanol–water partition coefficient (Wildman–Crippen LogP) is 4.18. The first-order valence-corrected chi connectivity index (χ1v) is 8.95. The second-order valence-corrected chi connectivity index (χ2v) is 6.62. The van der Waals surface area contributed by atoms with Gasteiger partial charge in [0.15, 0.2) is 5.78 Å². The van der Waals surface area contributed by atoms with Crippen LogP contribution >= 0.6 is 12.4 Å². The van der Waals surface area contributed by atoms with E-state index in [-0.39, 0.29) is 36.9 Å². The molecule has 3 N–H and O–H groups in total. The lowest BCUT2D eigenvalue weighted by Gasteiger charge is -2.16. The van der Waals surface area contributed by atoms with Crippen LogP contribution in [0.25, 0.3) is 0 Å². The molecule has 0 aromatic heterocycles. The zero-order chi connectivity index (χ0) is 18.5. The third kappa shape index (κ3) is 5.23. The van der Waals surface area contributed by atoms with Crippen molar-refractivity contribution in [2.75, 3.05) is 18.2 Å². The quantitative estimate of drug-likeness (QED) is 0.574. The van der Waals surface area contributed by atoms with Gasteiger partial charge in [-0.3, -0.25) is 9.59 Å². The van der Waals surface area contributed by atoms with Gasteiger partial charge in [-0.2, -0.15) is 0 Å². The van der Waals surface area contributed by atoms with E-state index in [1.807, 2.05) is 12.1 Å². The second-order valence-electron chi connectivity index (χ2n) is 6.62. The van der Waals surface area contributed by atoms with Crippen molar-refractivity contribution in [2.45, 2.75) is 38.5 Å². The van der Waals surface area contributed by atoms with Crippen LogP contribution in [0.15, 0.2) is 36.4 Å². The fourth-order valence-electron chi connectivity index (χ4n) is 3.26. The van der Waals surface area contributed by atoms with Gasteiger partial charge in [-0.25, -0.2) is 0 Å². The minimum Gasteiger partial charge on any atom is -0.497 e. The smallest absolute Gasteiger partial charge is 0.224 e. The van der Waals surface area contributed by atoms with Gasteiger partial charge < -0.3 is 15.8 Å². The largest absolute Gasteiger partial charge is 0.497 e. The molecule has 1 amide bonds. The molecule has 2 aromatic rings. The molecule has 0 fully saturated rings. The molecule has 0 bridgehead atoms. The van der Waals surface area contributed by atoms with Crippen molar-refractivity contribution in [3.63, 3.8) is 0 Å². The number of nitrogens with one attached hydrogen (secondary N) is 1. The number of rotatable bonds is 6. The van der Waals surface area contributed by atoms with Crippen LogP contribution in [0.4, 0.5) is 11.4 Å². The number of carbonyl (C=O) groups is 2. The molecule has 144 valence electrons. The van der Waals surface area contributed by atoms with E-state index in [1.165, 1.54) is 24.0 Å². The van der Waals surface area contributed by atoms with E-state index in [0.29, 0.717) is 22.7 Å². The number of nitrogens with two attached hydrogens (primary N) is 1. The van der Waals surface area contributed by atoms with E-state index >= 15 is 0 Å². The summed E-state index contributed by atoms with van der Waals surface area (Å²) in [4.78, 5) is 24.6. The van der Waals surface area contributed by atoms with Crippen molar-refractivity contribution in [2.24, 2.45) is 0 Å². The lowest BCUT2D eigenvalue weighted by Crippen LogP contribution is -2.15. The van der Waals surface area contributed by atoms with Crippen LogP contribution in [-0.4, -0.2) is 18.8 Å². The summed E-state index contributed by atoms with van der Waals surface area (Å²) in [5.41, 5.74) is 10.1. The lowest BCUT2D eigenvalue weighted by atomic mass is 9.89. The molecule has 0 unspecified atom stereocenters. The summed E-state index contributed by atoms with van der Waals surface area (Å²) in [5, 5.41) is 2.75. The molecule has 0 heterocycles. The summed E-state index contributed by atoms with van der Waals surface area (Å²) in [7, 11) is 1.55. The van der Waals surface area contributed by atoms with Gasteiger partial charge in [0.2, 0.25) is 5.91 Å². The van der Waals surface area contributed by atoms with Crippen molar-refractivity contribution in [3.05, 3.63) is 53.1 Å². The molecule has 0 radical (unpaired) electrons. The van der Waals surface area contributed by atoms with Crippen LogP contribution in [0.5, 0.6) is 5.75 Å². The molecule has 0 saturated heterocycles. The third-order valence-corrected chi connectivity index (χ3v) is 4.78. The SMILES string of the molecule is COc1ccc(N)c(NC(=O)CCC(=O)c2ccc3c(c2)CCCC3)c1.Cl. The number of ketones is 1. The number of benzene rings is 2. The van der Waals surface area contributed by atoms with Crippen LogP contribution in [-0.2, 0) is 17.6 Å². The minimum atomic E-state index is -0.240. The summed E-state index contributed by atoms with van der Waals surface area (Å²) in [6.45, 7) is 0. The Morgan fingerprint density at radius 3 is 2.52 bits per heavy atom. The molecule has 1 aliphatic rings. The highest BCUT2D eigenvalue weighted by atomic mass is 35.5. The van der Waals surface area contributed by atoms with Crippen molar-refractivity contribution >= 4 is 35.5 Å². The summed E-state index contributed by atoms with van der Waals surface area (Å²) in [5.74, 6) is 0.364. The van der Waals surface area contributed by atoms with Crippen LogP contribution in [0.3, 0.4) is 0 Å². The summed E-state index contributed by atoms with van der Waals surface area (Å²) in [6, 6.07) is 11.0. The number of ether oxygens (including phenoxy) is 1. The molecule has 6 heteroatoms. The highest BCUT2D eigenvalue weighted by molar-refractivity contribution is 6.01. The zero-order valence-corrected chi connectivity index (χ0v) is 16.2. The number of carbonyl (C=O) groups excluding carboxylic acids is 2. The average molecular weight is 389 g/mol. The molecule has 1 aliphatic carbocycles. The van der Waals surface area contributed by atoms with E-state index in [1.54, 1.807) is 25.3 Å². The number of hydrogen-bond donors (Lipinski definition) is 2. The van der Waals surface area contributed by atoms with E-state index < -0.39 is 0 Å². The molecule has 2 aromatic carbocycles. The van der Waals surface area contributed by atoms with Crippen molar-refractivity contribution in [3.8, 4) is 5.75 Å². The fraction of sp³-hybridized carbons (Fsp3) is 0.333. The van der Waals surface area contributed by atoms with Crippen molar-refractivity contribution < 1.29 is 14.3 Å². The molecular weight excluding hydrogens is 364 g/mol. The van der Waals surface area contributed by atoms with E-state index in [2.05, 4.69) is 11.4 Å². The van der Waals surface area contributed by atoms with Crippen LogP contribution in [0.2, 0.25) is 0 Å². The Hall–Kier alpha value is -2.53. The number of hydrogen-bond acceptors (Lipinski definition) is 4. The highest BCUT2D eigenvalue weighted by Gasteiger charge is 2.14. The maximum Gasteiger partial charge on any atom is 0.224 e. The van der Waals surface area contributed by atoms with Crippen LogP contribution in [0.1, 0.15) is 47.2 Å². The molecular formula is C21H25ClN2O3. The number of Topliss-reactive ketones (excluding diaryl/α,β-unsaturated/α-hetero) is 1. The Balaban J connectivity index is 0.00000261. The Morgan fingerprint density at radius 1 is 1.04 bits per heavy atom. The molecule has 27 heavy (non-hydrogen) atoms. The standard InChI is InChI=1S/C21H24N2O3.ClH/c1-26-17-8-9-18(22)19(13-17)23-21(25)11-10-20(24)16-7-6-14-4-2-3-5-15(14)12-16;/h6-9,12-13H,2-5,10-11,22H2,1H3,(H,23,25);1H. The van der Waals surface area contributed by atoms with Gasteiger partial charge in [0.05, 0.1) is 18.5 Å². The molecule has 0 saturated carbocycles. The summed E-state index contributed by atoms with van der Waals surface area (Å²) >= 11 is 0. The number of anilines is 2. The highest BCUT2D eigenvalue weighted by Crippen LogP contribution is 2.25. The van der Waals surface area contributed by atoms with Crippen molar-refractivity contribution in [1.29, 1.82) is 0 Å². The maximum atomic E-state index is 12.4. The van der Waals surface area contributed by atoms with Crippen molar-refractivity contribution in [1.82, 2.24) is 0 Å². The monoisotopic (exact) mass is 388 g/mol. The molecule has 0 atom stereocenters. The normalized spacial score (nSPS) is 12.5. The van der Waals surface area contributed by atoms with Gasteiger partial charge in [0.1, 0.15) is 5.75 Å². The molecule has 0 spiro atoms. The Labute approximate surface area is 165 Å². The Morgan fingerprint density at radius 2 is 1.78 bits per heavy atom. The number of methoxy groups -OCH3 is 1. The Bertz CT molecular complexity index is 836. The molecule has 0 aliphatic heterocycles. The van der Waals surface area contributed by atoms with E-state index in [0.717, 1.165) is 12.8 Å². The number of fused-ring (bicyclic) bond motifs is 1. The fourth-order valence-corrected chi connectivity index (χ4v) is 3.26. The summed E-state index contributed by atoms with van der Waals surface area (Å²) < 4.78 is 5.13. The number of nitrogen functional groups attached to an aromatic ring is 1. The number of amides is 1. The first-order chi connectivity index (χ1) is 12.6. The minimum absolute atomic E-state index is 0. The lowest BCUT2D eigenvalue weighted by molar-refractivity contribution is -0.116. The maximum absolute atomic E-state index is 12.4. The van der Waals surface area contributed by atoms with Gasteiger partial charge in [-0.1, -0.05) is 12.1 Å². The second kappa shape index (κ2) is 9.42. The van der Waals surface area contributed by atoms with E-state index in [9.17, 15) is 9.59 Å². The van der Waals surface area contributed by atoms with Gasteiger partial charge in [-0.15, -0.1) is 12.4 Å². The third-order valence-electron chi connectivity index (χ3n) is 4.78. The number of halogens is 1. The van der Waals surface area contributed by atoms with Gasteiger partial charge >= 0.3 is 0 Å². The molecule has 5 nitrogen and oxygen atoms in total. The average Bonchev–Trinajstić information content (AvgIpc) is 2.67. The number of aryl methyl sites for hydroxylation is 2. The molecule has 3 rings (SSSR count). The first-order valence-electron chi connectivity index (χ1n) is 8.95. The first kappa shape index (κ1) is 20.8. The van der Waals surface area contributed by atoms with Crippen LogP contribution < -0.4 is 15.8 Å². The Kier molecular flexibility index (Phi) is 7.25. The van der Waals surface area contributed by atoms with Gasteiger partial charge in [0.25, 0.3) is 0 Å².